The van der Waals surface area contributed by atoms with Gasteiger partial charge in [0.15, 0.2) is 0 Å². The summed E-state index contributed by atoms with van der Waals surface area (Å²) in [5.74, 6) is -0.339. The summed E-state index contributed by atoms with van der Waals surface area (Å²) in [5.41, 5.74) is 6.34. The molecule has 1 saturated carbocycles. The maximum atomic E-state index is 11.7. The van der Waals surface area contributed by atoms with Crippen molar-refractivity contribution in [3.05, 3.63) is 18.2 Å². The number of aromatic nitrogens is 2. The van der Waals surface area contributed by atoms with Gasteiger partial charge in [-0.1, -0.05) is 0 Å². The molecule has 0 saturated heterocycles. The van der Waals surface area contributed by atoms with Crippen molar-refractivity contribution in [2.45, 2.75) is 51.3 Å². The number of hydrogen-bond donors (Lipinski definition) is 1. The van der Waals surface area contributed by atoms with E-state index in [1.54, 1.807) is 17.8 Å². The largest absolute Gasteiger partial charge is 0.461 e. The minimum atomic E-state index is -0.339. The Morgan fingerprint density at radius 1 is 1.45 bits per heavy atom. The summed E-state index contributed by atoms with van der Waals surface area (Å²) in [4.78, 5) is 15.7. The van der Waals surface area contributed by atoms with Gasteiger partial charge in [-0.25, -0.2) is 9.78 Å². The summed E-state index contributed by atoms with van der Waals surface area (Å²) in [5, 5.41) is 0. The lowest BCUT2D eigenvalue weighted by molar-refractivity contribution is 0.0202. The van der Waals surface area contributed by atoms with E-state index >= 15 is 0 Å². The van der Waals surface area contributed by atoms with E-state index in [0.29, 0.717) is 37.6 Å². The molecule has 0 spiro atoms. The molecule has 1 aromatic heterocycles. The van der Waals surface area contributed by atoms with Gasteiger partial charge in [-0.3, -0.25) is 0 Å². The first kappa shape index (κ1) is 15.0. The summed E-state index contributed by atoms with van der Waals surface area (Å²) < 4.78 is 12.6. The second kappa shape index (κ2) is 7.40. The van der Waals surface area contributed by atoms with E-state index in [1.807, 2.05) is 0 Å². The van der Waals surface area contributed by atoms with E-state index in [-0.39, 0.29) is 5.97 Å². The van der Waals surface area contributed by atoms with E-state index in [1.165, 1.54) is 6.20 Å². The Kier molecular flexibility index (Phi) is 5.55. The van der Waals surface area contributed by atoms with Crippen molar-refractivity contribution in [1.82, 2.24) is 9.55 Å². The van der Waals surface area contributed by atoms with Crippen LogP contribution in [-0.4, -0.2) is 40.9 Å². The minimum Gasteiger partial charge on any atom is -0.461 e. The molecule has 1 heterocycles. The molecule has 0 amide bonds. The van der Waals surface area contributed by atoms with Crippen molar-refractivity contribution in [3.63, 3.8) is 0 Å². The quantitative estimate of drug-likeness (QED) is 0.796. The smallest absolute Gasteiger partial charge is 0.356 e. The number of carbonyl (C=O) groups excluding carboxylic acids is 1. The average molecular weight is 281 g/mol. The van der Waals surface area contributed by atoms with Gasteiger partial charge >= 0.3 is 5.97 Å². The third-order valence-electron chi connectivity index (χ3n) is 3.60. The molecule has 112 valence electrons. The molecular formula is C14H23N3O3. The monoisotopic (exact) mass is 281 g/mol. The van der Waals surface area contributed by atoms with Crippen molar-refractivity contribution in [1.29, 1.82) is 0 Å². The number of imidazole rings is 1. The molecule has 1 aliphatic rings. The van der Waals surface area contributed by atoms with Crippen LogP contribution < -0.4 is 5.73 Å². The van der Waals surface area contributed by atoms with Crippen LogP contribution in [0.4, 0.5) is 0 Å². The molecule has 1 aliphatic carbocycles. The minimum absolute atomic E-state index is 0.296. The zero-order valence-corrected chi connectivity index (χ0v) is 12.0. The van der Waals surface area contributed by atoms with Gasteiger partial charge in [0.25, 0.3) is 0 Å². The predicted molar refractivity (Wildman–Crippen MR) is 74.4 cm³/mol. The summed E-state index contributed by atoms with van der Waals surface area (Å²) in [6, 6.07) is 0.332. The highest BCUT2D eigenvalue weighted by atomic mass is 16.5. The van der Waals surface area contributed by atoms with Crippen LogP contribution in [0.5, 0.6) is 0 Å². The fourth-order valence-electron chi connectivity index (χ4n) is 2.45. The van der Waals surface area contributed by atoms with Crippen molar-refractivity contribution in [2.75, 3.05) is 13.2 Å². The zero-order valence-electron chi connectivity index (χ0n) is 12.0. The number of nitrogens with two attached hydrogens (primary N) is 1. The van der Waals surface area contributed by atoms with Crippen molar-refractivity contribution >= 4 is 5.97 Å². The lowest BCUT2D eigenvalue weighted by Crippen LogP contribution is -2.30. The second-order valence-corrected chi connectivity index (χ2v) is 5.10. The predicted octanol–water partition coefficient (Wildman–Crippen LogP) is 1.35. The van der Waals surface area contributed by atoms with E-state index in [2.05, 4.69) is 4.98 Å². The molecule has 0 aromatic carbocycles. The molecule has 0 aliphatic heterocycles. The van der Waals surface area contributed by atoms with Crippen LogP contribution >= 0.6 is 0 Å². The second-order valence-electron chi connectivity index (χ2n) is 5.10. The topological polar surface area (TPSA) is 79.4 Å². The maximum absolute atomic E-state index is 11.7. The zero-order chi connectivity index (χ0) is 14.4. The van der Waals surface area contributed by atoms with Crippen LogP contribution in [0, 0.1) is 0 Å². The Hall–Kier alpha value is -1.40. The van der Waals surface area contributed by atoms with E-state index in [9.17, 15) is 4.79 Å². The first-order valence-corrected chi connectivity index (χ1v) is 7.25. The SMILES string of the molecule is CCOC(=O)c1cncn1CCOC1CCC(N)CC1. The van der Waals surface area contributed by atoms with Gasteiger partial charge in [0, 0.05) is 12.6 Å². The molecule has 1 fully saturated rings. The van der Waals surface area contributed by atoms with Gasteiger partial charge in [0.05, 0.1) is 31.8 Å². The van der Waals surface area contributed by atoms with Crippen LogP contribution in [0.1, 0.15) is 43.1 Å². The molecular weight excluding hydrogens is 258 g/mol. The number of ether oxygens (including phenoxy) is 2. The fourth-order valence-corrected chi connectivity index (χ4v) is 2.45. The molecule has 1 aromatic rings. The molecule has 0 bridgehead atoms. The Labute approximate surface area is 119 Å². The molecule has 20 heavy (non-hydrogen) atoms. The average Bonchev–Trinajstić information content (AvgIpc) is 2.90. The van der Waals surface area contributed by atoms with Gasteiger partial charge in [-0.2, -0.15) is 0 Å². The fraction of sp³-hybridized carbons (Fsp3) is 0.714. The third-order valence-corrected chi connectivity index (χ3v) is 3.60. The van der Waals surface area contributed by atoms with Crippen LogP contribution in [0.2, 0.25) is 0 Å². The maximum Gasteiger partial charge on any atom is 0.356 e. The normalized spacial score (nSPS) is 22.7. The molecule has 2 rings (SSSR count). The standard InChI is InChI=1S/C14H23N3O3/c1-2-19-14(18)13-9-16-10-17(13)7-8-20-12-5-3-11(15)4-6-12/h9-12H,2-8,15H2,1H3. The summed E-state index contributed by atoms with van der Waals surface area (Å²) >= 11 is 0. The van der Waals surface area contributed by atoms with Gasteiger partial charge in [0.2, 0.25) is 0 Å². The summed E-state index contributed by atoms with van der Waals surface area (Å²) in [7, 11) is 0. The van der Waals surface area contributed by atoms with Gasteiger partial charge in [0.1, 0.15) is 5.69 Å². The van der Waals surface area contributed by atoms with Crippen molar-refractivity contribution in [3.8, 4) is 0 Å². The van der Waals surface area contributed by atoms with Gasteiger partial charge < -0.3 is 19.8 Å². The Morgan fingerprint density at radius 2 is 2.20 bits per heavy atom. The van der Waals surface area contributed by atoms with Crippen LogP contribution in [-0.2, 0) is 16.0 Å². The van der Waals surface area contributed by atoms with Crippen LogP contribution in [0.15, 0.2) is 12.5 Å². The molecule has 0 atom stereocenters. The first-order chi connectivity index (χ1) is 9.70. The molecule has 6 heteroatoms. The van der Waals surface area contributed by atoms with Crippen LogP contribution in [0.3, 0.4) is 0 Å². The van der Waals surface area contributed by atoms with E-state index in [0.717, 1.165) is 25.7 Å². The number of carbonyl (C=O) groups is 1. The van der Waals surface area contributed by atoms with E-state index in [4.69, 9.17) is 15.2 Å². The van der Waals surface area contributed by atoms with Gasteiger partial charge in [-0.15, -0.1) is 0 Å². The van der Waals surface area contributed by atoms with Gasteiger partial charge in [-0.05, 0) is 32.6 Å². The first-order valence-electron chi connectivity index (χ1n) is 7.25. The molecule has 6 nitrogen and oxygen atoms in total. The number of nitrogens with zero attached hydrogens (tertiary/aromatic N) is 2. The van der Waals surface area contributed by atoms with Crippen molar-refractivity contribution < 1.29 is 14.3 Å². The number of esters is 1. The Bertz CT molecular complexity index is 425. The highest BCUT2D eigenvalue weighted by Crippen LogP contribution is 2.19. The summed E-state index contributed by atoms with van der Waals surface area (Å²) in [6.07, 6.45) is 7.56. The lowest BCUT2D eigenvalue weighted by atomic mass is 9.94. The Morgan fingerprint density at radius 3 is 2.90 bits per heavy atom. The number of hydrogen-bond acceptors (Lipinski definition) is 5. The summed E-state index contributed by atoms with van der Waals surface area (Å²) in [6.45, 7) is 3.33. The third kappa shape index (κ3) is 4.05. The lowest BCUT2D eigenvalue weighted by Gasteiger charge is -2.26. The molecule has 0 radical (unpaired) electrons. The highest BCUT2D eigenvalue weighted by Gasteiger charge is 2.19. The van der Waals surface area contributed by atoms with Crippen LogP contribution in [0.25, 0.3) is 0 Å². The molecule has 2 N–H and O–H groups in total. The Balaban J connectivity index is 1.77. The number of rotatable bonds is 6. The molecule has 0 unspecified atom stereocenters. The van der Waals surface area contributed by atoms with Crippen molar-refractivity contribution in [2.24, 2.45) is 5.73 Å². The van der Waals surface area contributed by atoms with E-state index < -0.39 is 0 Å². The highest BCUT2D eigenvalue weighted by molar-refractivity contribution is 5.87.